The largest absolute Gasteiger partial charge is 0.369 e. The van der Waals surface area contributed by atoms with Gasteiger partial charge in [0.1, 0.15) is 11.9 Å². The van der Waals surface area contributed by atoms with Gasteiger partial charge in [0.2, 0.25) is 5.91 Å². The quantitative estimate of drug-likeness (QED) is 0.742. The molecule has 0 radical (unpaired) electrons. The third-order valence-electron chi connectivity index (χ3n) is 5.59. The average molecular weight is 399 g/mol. The fraction of sp³-hybridized carbons (Fsp3) is 0.435. The number of piperazine rings is 1. The predicted molar refractivity (Wildman–Crippen MR) is 116 cm³/mol. The van der Waals surface area contributed by atoms with Crippen molar-refractivity contribution in [3.63, 3.8) is 0 Å². The van der Waals surface area contributed by atoms with Crippen molar-refractivity contribution in [2.45, 2.75) is 13.0 Å². The van der Waals surface area contributed by atoms with Crippen molar-refractivity contribution in [1.82, 2.24) is 15.1 Å². The Hall–Kier alpha value is -2.44. The molecule has 2 aromatic carbocycles. The zero-order chi connectivity index (χ0) is 20.6. The van der Waals surface area contributed by atoms with E-state index in [1.54, 1.807) is 0 Å². The van der Waals surface area contributed by atoms with Gasteiger partial charge in [0.25, 0.3) is 0 Å². The summed E-state index contributed by atoms with van der Waals surface area (Å²) in [4.78, 5) is 19.5. The molecule has 1 heterocycles. The molecule has 156 valence electrons. The van der Waals surface area contributed by atoms with Gasteiger partial charge in [-0.15, -0.1) is 0 Å². The fourth-order valence-electron chi connectivity index (χ4n) is 3.74. The van der Waals surface area contributed by atoms with Crippen molar-refractivity contribution in [1.29, 1.82) is 0 Å². The molecule has 0 bridgehead atoms. The Kier molecular flexibility index (Phi) is 7.61. The van der Waals surface area contributed by atoms with Crippen LogP contribution in [-0.4, -0.2) is 68.6 Å². The molecule has 1 unspecified atom stereocenters. The highest BCUT2D eigenvalue weighted by atomic mass is 19.1. The van der Waals surface area contributed by atoms with Gasteiger partial charge in [-0.2, -0.15) is 0 Å². The second-order valence-electron chi connectivity index (χ2n) is 7.48. The number of halogens is 1. The Labute approximate surface area is 173 Å². The lowest BCUT2D eigenvalue weighted by Crippen LogP contribution is -2.49. The molecule has 0 saturated carbocycles. The Bertz CT molecular complexity index is 760. The van der Waals surface area contributed by atoms with Crippen molar-refractivity contribution in [3.8, 4) is 0 Å². The average Bonchev–Trinajstić information content (AvgIpc) is 2.75. The molecule has 0 aromatic heterocycles. The first-order valence-electron chi connectivity index (χ1n) is 10.3. The molecule has 1 amide bonds. The smallest absolute Gasteiger partial charge is 0.241 e. The van der Waals surface area contributed by atoms with E-state index in [2.05, 4.69) is 26.9 Å². The number of nitrogens with one attached hydrogen (secondary N) is 1. The van der Waals surface area contributed by atoms with E-state index in [9.17, 15) is 9.18 Å². The molecule has 2 aromatic rings. The van der Waals surface area contributed by atoms with Crippen LogP contribution in [0.2, 0.25) is 0 Å². The third kappa shape index (κ3) is 5.78. The minimum absolute atomic E-state index is 0.0468. The summed E-state index contributed by atoms with van der Waals surface area (Å²) in [6.07, 6.45) is 0. The van der Waals surface area contributed by atoms with E-state index >= 15 is 0 Å². The van der Waals surface area contributed by atoms with Gasteiger partial charge >= 0.3 is 0 Å². The van der Waals surface area contributed by atoms with E-state index in [1.165, 1.54) is 12.1 Å². The molecule has 1 aliphatic heterocycles. The van der Waals surface area contributed by atoms with Gasteiger partial charge in [-0.05, 0) is 43.4 Å². The SMILES string of the molecule is CCN(C)C(C(=O)NCCN1CCN(c2ccc(F)cc2)CC1)c1ccccc1. The number of anilines is 1. The van der Waals surface area contributed by atoms with Crippen LogP contribution in [0.4, 0.5) is 10.1 Å². The number of rotatable bonds is 8. The first-order chi connectivity index (χ1) is 14.1. The lowest BCUT2D eigenvalue weighted by Gasteiger charge is -2.36. The number of hydrogen-bond acceptors (Lipinski definition) is 4. The monoisotopic (exact) mass is 398 g/mol. The highest BCUT2D eigenvalue weighted by Crippen LogP contribution is 2.19. The third-order valence-corrected chi connectivity index (χ3v) is 5.59. The van der Waals surface area contributed by atoms with Crippen LogP contribution in [0.1, 0.15) is 18.5 Å². The molecule has 1 N–H and O–H groups in total. The maximum atomic E-state index is 13.1. The number of nitrogens with zero attached hydrogens (tertiary/aromatic N) is 3. The molecule has 29 heavy (non-hydrogen) atoms. The zero-order valence-electron chi connectivity index (χ0n) is 17.4. The summed E-state index contributed by atoms with van der Waals surface area (Å²) in [5.74, 6) is -0.156. The van der Waals surface area contributed by atoms with E-state index in [0.717, 1.165) is 50.5 Å². The summed E-state index contributed by atoms with van der Waals surface area (Å²) in [5.41, 5.74) is 2.08. The van der Waals surface area contributed by atoms with Crippen LogP contribution >= 0.6 is 0 Å². The van der Waals surface area contributed by atoms with Crippen LogP contribution in [0.15, 0.2) is 54.6 Å². The summed E-state index contributed by atoms with van der Waals surface area (Å²) in [6.45, 7) is 8.02. The van der Waals surface area contributed by atoms with Crippen LogP contribution in [0.3, 0.4) is 0 Å². The van der Waals surface area contributed by atoms with Gasteiger partial charge in [0.15, 0.2) is 0 Å². The standard InChI is InChI=1S/C23H31FN4O/c1-3-26(2)22(19-7-5-4-6-8-19)23(29)25-13-14-27-15-17-28(18-16-27)21-11-9-20(24)10-12-21/h4-12,22H,3,13-18H2,1-2H3,(H,25,29). The maximum Gasteiger partial charge on any atom is 0.241 e. The Morgan fingerprint density at radius 2 is 1.72 bits per heavy atom. The number of carbonyl (C=O) groups is 1. The van der Waals surface area contributed by atoms with Crippen LogP contribution in [0, 0.1) is 5.82 Å². The van der Waals surface area contributed by atoms with Gasteiger partial charge < -0.3 is 10.2 Å². The Morgan fingerprint density at radius 1 is 1.07 bits per heavy atom. The Morgan fingerprint density at radius 3 is 2.34 bits per heavy atom. The van der Waals surface area contributed by atoms with Gasteiger partial charge in [0.05, 0.1) is 0 Å². The normalized spacial score (nSPS) is 16.1. The molecule has 3 rings (SSSR count). The molecule has 1 aliphatic rings. The van der Waals surface area contributed by atoms with Crippen molar-refractivity contribution < 1.29 is 9.18 Å². The van der Waals surface area contributed by atoms with Gasteiger partial charge in [-0.25, -0.2) is 4.39 Å². The molecular formula is C23H31FN4O. The predicted octanol–water partition coefficient (Wildman–Crippen LogP) is 2.76. The molecular weight excluding hydrogens is 367 g/mol. The van der Waals surface area contributed by atoms with Crippen molar-refractivity contribution in [2.75, 3.05) is 57.8 Å². The topological polar surface area (TPSA) is 38.8 Å². The Balaban J connectivity index is 1.46. The van der Waals surface area contributed by atoms with Gasteiger partial charge in [0, 0.05) is 45.0 Å². The first-order valence-corrected chi connectivity index (χ1v) is 10.3. The van der Waals surface area contributed by atoms with Crippen LogP contribution in [0.5, 0.6) is 0 Å². The molecule has 1 atom stereocenters. The van der Waals surface area contributed by atoms with E-state index in [0.29, 0.717) is 6.54 Å². The lowest BCUT2D eigenvalue weighted by atomic mass is 10.0. The lowest BCUT2D eigenvalue weighted by molar-refractivity contribution is -0.126. The summed E-state index contributed by atoms with van der Waals surface area (Å²) in [7, 11) is 1.98. The van der Waals surface area contributed by atoms with E-state index in [-0.39, 0.29) is 17.8 Å². The van der Waals surface area contributed by atoms with Gasteiger partial charge in [-0.3, -0.25) is 14.6 Å². The van der Waals surface area contributed by atoms with Crippen LogP contribution < -0.4 is 10.2 Å². The summed E-state index contributed by atoms with van der Waals surface area (Å²) in [5, 5.41) is 3.12. The maximum absolute atomic E-state index is 13.1. The minimum atomic E-state index is -0.267. The number of hydrogen-bond donors (Lipinski definition) is 1. The zero-order valence-corrected chi connectivity index (χ0v) is 17.4. The van der Waals surface area contributed by atoms with E-state index in [4.69, 9.17) is 0 Å². The highest BCUT2D eigenvalue weighted by Gasteiger charge is 2.24. The molecule has 1 saturated heterocycles. The van der Waals surface area contributed by atoms with Crippen molar-refractivity contribution in [2.24, 2.45) is 0 Å². The molecule has 0 aliphatic carbocycles. The van der Waals surface area contributed by atoms with Crippen molar-refractivity contribution in [3.05, 3.63) is 66.0 Å². The second kappa shape index (κ2) is 10.4. The molecule has 0 spiro atoms. The van der Waals surface area contributed by atoms with Crippen molar-refractivity contribution >= 4 is 11.6 Å². The number of amides is 1. The van der Waals surface area contributed by atoms with E-state index in [1.807, 2.05) is 49.5 Å². The first kappa shape index (κ1) is 21.3. The number of likely N-dealkylation sites (N-methyl/N-ethyl adjacent to an activating group) is 1. The van der Waals surface area contributed by atoms with E-state index < -0.39 is 0 Å². The second-order valence-corrected chi connectivity index (χ2v) is 7.48. The number of carbonyl (C=O) groups excluding carboxylic acids is 1. The van der Waals surface area contributed by atoms with Crippen LogP contribution in [-0.2, 0) is 4.79 Å². The van der Waals surface area contributed by atoms with Gasteiger partial charge in [-0.1, -0.05) is 37.3 Å². The highest BCUT2D eigenvalue weighted by molar-refractivity contribution is 5.83. The molecule has 1 fully saturated rings. The number of benzene rings is 2. The molecule has 6 heteroatoms. The minimum Gasteiger partial charge on any atom is -0.369 e. The fourth-order valence-corrected chi connectivity index (χ4v) is 3.74. The summed E-state index contributed by atoms with van der Waals surface area (Å²) >= 11 is 0. The summed E-state index contributed by atoms with van der Waals surface area (Å²) < 4.78 is 13.1. The molecule has 5 nitrogen and oxygen atoms in total. The van der Waals surface area contributed by atoms with Crippen LogP contribution in [0.25, 0.3) is 0 Å². The summed E-state index contributed by atoms with van der Waals surface area (Å²) in [6, 6.07) is 16.3.